The Bertz CT molecular complexity index is 828. The van der Waals surface area contributed by atoms with Crippen molar-refractivity contribution in [2.75, 3.05) is 11.8 Å². The van der Waals surface area contributed by atoms with Crippen molar-refractivity contribution in [3.8, 4) is 5.75 Å². The standard InChI is InChI=1S/C13H9ClF3NO3S/c1-21-10-5-2-7(14)6-11(10)22(19,20)18-9-4-3-8(15)12(16)13(9)17/h2-6,18H,1H3. The molecule has 2 aromatic carbocycles. The number of methoxy groups -OCH3 is 1. The van der Waals surface area contributed by atoms with Gasteiger partial charge >= 0.3 is 0 Å². The van der Waals surface area contributed by atoms with Gasteiger partial charge in [-0.05, 0) is 30.3 Å². The molecule has 0 aliphatic carbocycles. The van der Waals surface area contributed by atoms with E-state index in [0.717, 1.165) is 12.1 Å². The first-order chi connectivity index (χ1) is 10.3. The third-order valence-corrected chi connectivity index (χ3v) is 4.32. The fraction of sp³-hybridized carbons (Fsp3) is 0.0769. The summed E-state index contributed by atoms with van der Waals surface area (Å²) in [6, 6.07) is 5.16. The molecule has 0 saturated heterocycles. The summed E-state index contributed by atoms with van der Waals surface area (Å²) in [5.74, 6) is -4.90. The zero-order chi connectivity index (χ0) is 16.5. The lowest BCUT2D eigenvalue weighted by Crippen LogP contribution is -2.15. The van der Waals surface area contributed by atoms with E-state index in [1.807, 2.05) is 4.72 Å². The van der Waals surface area contributed by atoms with E-state index in [1.54, 1.807) is 0 Å². The summed E-state index contributed by atoms with van der Waals surface area (Å²) in [6.45, 7) is 0. The van der Waals surface area contributed by atoms with Crippen LogP contribution in [-0.2, 0) is 10.0 Å². The van der Waals surface area contributed by atoms with Crippen LogP contribution in [0.5, 0.6) is 5.75 Å². The topological polar surface area (TPSA) is 55.4 Å². The Kier molecular flexibility index (Phi) is 4.52. The van der Waals surface area contributed by atoms with Crippen molar-refractivity contribution in [2.24, 2.45) is 0 Å². The van der Waals surface area contributed by atoms with E-state index in [1.165, 1.54) is 19.2 Å². The highest BCUT2D eigenvalue weighted by Crippen LogP contribution is 2.30. The van der Waals surface area contributed by atoms with Crippen LogP contribution in [0.4, 0.5) is 18.9 Å². The number of halogens is 4. The Balaban J connectivity index is 2.49. The first kappa shape index (κ1) is 16.4. The van der Waals surface area contributed by atoms with E-state index >= 15 is 0 Å². The molecule has 118 valence electrons. The van der Waals surface area contributed by atoms with Crippen molar-refractivity contribution in [1.29, 1.82) is 0 Å². The van der Waals surface area contributed by atoms with Crippen LogP contribution < -0.4 is 9.46 Å². The van der Waals surface area contributed by atoms with Gasteiger partial charge in [0.25, 0.3) is 10.0 Å². The van der Waals surface area contributed by atoms with Crippen LogP contribution in [0.25, 0.3) is 0 Å². The van der Waals surface area contributed by atoms with E-state index in [2.05, 4.69) is 0 Å². The molecular weight excluding hydrogens is 343 g/mol. The minimum atomic E-state index is -4.32. The molecule has 22 heavy (non-hydrogen) atoms. The van der Waals surface area contributed by atoms with Crippen LogP contribution in [0.3, 0.4) is 0 Å². The number of benzene rings is 2. The quantitative estimate of drug-likeness (QED) is 0.857. The van der Waals surface area contributed by atoms with Gasteiger partial charge < -0.3 is 4.74 Å². The summed E-state index contributed by atoms with van der Waals surface area (Å²) in [5.41, 5.74) is -0.735. The number of sulfonamides is 1. The molecule has 0 aromatic heterocycles. The molecule has 0 radical (unpaired) electrons. The molecule has 9 heteroatoms. The van der Waals surface area contributed by atoms with Crippen LogP contribution in [0.1, 0.15) is 0 Å². The maximum absolute atomic E-state index is 13.6. The van der Waals surface area contributed by atoms with Crippen LogP contribution >= 0.6 is 11.6 Å². The van der Waals surface area contributed by atoms with E-state index in [9.17, 15) is 21.6 Å². The van der Waals surface area contributed by atoms with Crippen LogP contribution in [-0.4, -0.2) is 15.5 Å². The van der Waals surface area contributed by atoms with Crippen LogP contribution in [0, 0.1) is 17.5 Å². The molecule has 2 rings (SSSR count). The van der Waals surface area contributed by atoms with E-state index in [4.69, 9.17) is 16.3 Å². The van der Waals surface area contributed by atoms with Gasteiger partial charge in [-0.2, -0.15) is 0 Å². The maximum Gasteiger partial charge on any atom is 0.265 e. The van der Waals surface area contributed by atoms with Crippen molar-refractivity contribution in [2.45, 2.75) is 4.90 Å². The molecule has 4 nitrogen and oxygen atoms in total. The van der Waals surface area contributed by atoms with Gasteiger partial charge in [-0.3, -0.25) is 4.72 Å². The zero-order valence-electron chi connectivity index (χ0n) is 11.0. The van der Waals surface area contributed by atoms with E-state index < -0.39 is 33.2 Å². The number of ether oxygens (including phenoxy) is 1. The average molecular weight is 352 g/mol. The summed E-state index contributed by atoms with van der Waals surface area (Å²) in [4.78, 5) is -0.369. The van der Waals surface area contributed by atoms with E-state index in [0.29, 0.717) is 6.07 Å². The summed E-state index contributed by atoms with van der Waals surface area (Å²) in [7, 11) is -3.08. The second-order valence-electron chi connectivity index (χ2n) is 4.12. The minimum absolute atomic E-state index is 0.0418. The maximum atomic E-state index is 13.6. The zero-order valence-corrected chi connectivity index (χ0v) is 12.6. The Morgan fingerprint density at radius 1 is 1.09 bits per heavy atom. The third kappa shape index (κ3) is 3.12. The molecule has 0 unspecified atom stereocenters. The lowest BCUT2D eigenvalue weighted by atomic mass is 10.3. The molecule has 0 spiro atoms. The van der Waals surface area contributed by atoms with Gasteiger partial charge in [0.05, 0.1) is 12.8 Å². The summed E-state index contributed by atoms with van der Waals surface area (Å²) >= 11 is 5.73. The fourth-order valence-electron chi connectivity index (χ4n) is 1.67. The number of anilines is 1. The second-order valence-corrected chi connectivity index (χ2v) is 6.21. The Hall–Kier alpha value is -1.93. The van der Waals surface area contributed by atoms with Gasteiger partial charge in [0.1, 0.15) is 10.6 Å². The van der Waals surface area contributed by atoms with Gasteiger partial charge in [0.15, 0.2) is 17.5 Å². The number of rotatable bonds is 4. The first-order valence-corrected chi connectivity index (χ1v) is 7.62. The van der Waals surface area contributed by atoms with Crippen LogP contribution in [0.15, 0.2) is 35.2 Å². The molecule has 0 saturated carbocycles. The molecular formula is C13H9ClF3NO3S. The second kappa shape index (κ2) is 6.05. The highest BCUT2D eigenvalue weighted by molar-refractivity contribution is 7.92. The molecule has 0 aliphatic heterocycles. The molecule has 0 atom stereocenters. The Labute approximate surface area is 129 Å². The predicted molar refractivity (Wildman–Crippen MR) is 75.1 cm³/mol. The summed E-state index contributed by atoms with van der Waals surface area (Å²) in [5, 5.41) is 0.104. The highest BCUT2D eigenvalue weighted by Gasteiger charge is 2.23. The number of hydrogen-bond acceptors (Lipinski definition) is 3. The average Bonchev–Trinajstić information content (AvgIpc) is 2.48. The smallest absolute Gasteiger partial charge is 0.265 e. The first-order valence-electron chi connectivity index (χ1n) is 5.76. The van der Waals surface area contributed by atoms with E-state index in [-0.39, 0.29) is 15.7 Å². The molecule has 0 bridgehead atoms. The van der Waals surface area contributed by atoms with Gasteiger partial charge in [-0.15, -0.1) is 0 Å². The SMILES string of the molecule is COc1ccc(Cl)cc1S(=O)(=O)Nc1ccc(F)c(F)c1F. The molecule has 0 heterocycles. The van der Waals surface area contributed by atoms with Crippen molar-refractivity contribution in [3.05, 3.63) is 52.8 Å². The highest BCUT2D eigenvalue weighted by atomic mass is 35.5. The molecule has 1 N–H and O–H groups in total. The van der Waals surface area contributed by atoms with Crippen LogP contribution in [0.2, 0.25) is 5.02 Å². The molecule has 0 fully saturated rings. The third-order valence-electron chi connectivity index (χ3n) is 2.69. The largest absolute Gasteiger partial charge is 0.495 e. The lowest BCUT2D eigenvalue weighted by molar-refractivity contribution is 0.403. The predicted octanol–water partition coefficient (Wildman–Crippen LogP) is 3.57. The van der Waals surface area contributed by atoms with Crippen molar-refractivity contribution >= 4 is 27.3 Å². The lowest BCUT2D eigenvalue weighted by Gasteiger charge is -2.12. The summed E-state index contributed by atoms with van der Waals surface area (Å²) < 4.78 is 70.8. The Morgan fingerprint density at radius 3 is 2.41 bits per heavy atom. The van der Waals surface area contributed by atoms with Crippen molar-refractivity contribution in [1.82, 2.24) is 0 Å². The van der Waals surface area contributed by atoms with Crippen molar-refractivity contribution < 1.29 is 26.3 Å². The Morgan fingerprint density at radius 2 is 1.77 bits per heavy atom. The molecule has 0 aliphatic rings. The normalized spacial score (nSPS) is 11.3. The number of hydrogen-bond donors (Lipinski definition) is 1. The van der Waals surface area contributed by atoms with Gasteiger partial charge in [0, 0.05) is 5.02 Å². The monoisotopic (exact) mass is 351 g/mol. The van der Waals surface area contributed by atoms with Crippen molar-refractivity contribution in [3.63, 3.8) is 0 Å². The van der Waals surface area contributed by atoms with Gasteiger partial charge in [-0.25, -0.2) is 21.6 Å². The minimum Gasteiger partial charge on any atom is -0.495 e. The van der Waals surface area contributed by atoms with Gasteiger partial charge in [0.2, 0.25) is 0 Å². The molecule has 0 amide bonds. The number of nitrogens with one attached hydrogen (secondary N) is 1. The molecule has 2 aromatic rings. The van der Waals surface area contributed by atoms with Gasteiger partial charge in [-0.1, -0.05) is 11.6 Å². The fourth-order valence-corrected chi connectivity index (χ4v) is 3.16. The summed E-state index contributed by atoms with van der Waals surface area (Å²) in [6.07, 6.45) is 0.